The first-order valence-electron chi connectivity index (χ1n) is 9.19. The molecule has 2 amide bonds. The van der Waals surface area contributed by atoms with Gasteiger partial charge in [-0.3, -0.25) is 0 Å². The Kier molecular flexibility index (Phi) is 8.63. The number of rotatable bonds is 8. The lowest BCUT2D eigenvalue weighted by molar-refractivity contribution is 0.252. The van der Waals surface area contributed by atoms with Gasteiger partial charge in [-0.15, -0.1) is 0 Å². The minimum absolute atomic E-state index is 0.253. The molecule has 0 aliphatic rings. The van der Waals surface area contributed by atoms with Crippen LogP contribution >= 0.6 is 31.9 Å². The van der Waals surface area contributed by atoms with Crippen molar-refractivity contribution in [1.29, 1.82) is 0 Å². The molecule has 2 rings (SSSR count). The van der Waals surface area contributed by atoms with Gasteiger partial charge in [-0.2, -0.15) is 0 Å². The summed E-state index contributed by atoms with van der Waals surface area (Å²) >= 11 is 7.07. The molecule has 2 aromatic carbocycles. The topological polar surface area (TPSA) is 59.6 Å². The maximum atomic E-state index is 12.3. The van der Waals surface area contributed by atoms with E-state index in [0.717, 1.165) is 20.3 Å². The summed E-state index contributed by atoms with van der Waals surface area (Å²) in [4.78, 5) is 12.3. The minimum atomic E-state index is -0.253. The first-order valence-corrected chi connectivity index (χ1v) is 10.8. The van der Waals surface area contributed by atoms with Crippen LogP contribution in [0.25, 0.3) is 0 Å². The normalized spacial score (nSPS) is 10.7. The molecular formula is C21H26Br2N2O3. The van der Waals surface area contributed by atoms with Crippen LogP contribution in [0.3, 0.4) is 0 Å². The number of methoxy groups -OCH3 is 1. The molecule has 0 aromatic heterocycles. The first kappa shape index (κ1) is 22.6. The van der Waals surface area contributed by atoms with Crippen LogP contribution in [0, 0.1) is 0 Å². The number of urea groups is 1. The summed E-state index contributed by atoms with van der Waals surface area (Å²) in [5.74, 6) is 1.82. The van der Waals surface area contributed by atoms with Gasteiger partial charge < -0.3 is 20.1 Å². The van der Waals surface area contributed by atoms with Gasteiger partial charge >= 0.3 is 6.03 Å². The standard InChI is InChI=1S/C21H26Br2N2O3/c1-5-28-18-7-6-14(10-19(18)27-4)8-9-24-21(26)25-20-16(22)11-15(13(2)3)12-17(20)23/h6-7,10-13H,5,8-9H2,1-4H3,(H2,24,25,26). The van der Waals surface area contributed by atoms with E-state index in [1.807, 2.05) is 37.3 Å². The molecular weight excluding hydrogens is 488 g/mol. The molecule has 0 radical (unpaired) electrons. The fourth-order valence-electron chi connectivity index (χ4n) is 2.67. The van der Waals surface area contributed by atoms with E-state index >= 15 is 0 Å². The van der Waals surface area contributed by atoms with Gasteiger partial charge in [0.05, 0.1) is 19.4 Å². The highest BCUT2D eigenvalue weighted by Crippen LogP contribution is 2.34. The lowest BCUT2D eigenvalue weighted by atomic mass is 10.0. The fraction of sp³-hybridized carbons (Fsp3) is 0.381. The van der Waals surface area contributed by atoms with Crippen molar-refractivity contribution in [2.45, 2.75) is 33.1 Å². The molecule has 0 saturated heterocycles. The van der Waals surface area contributed by atoms with E-state index in [1.54, 1.807) is 7.11 Å². The summed E-state index contributed by atoms with van der Waals surface area (Å²) in [6.07, 6.45) is 0.685. The van der Waals surface area contributed by atoms with Crippen LogP contribution in [0.2, 0.25) is 0 Å². The van der Waals surface area contributed by atoms with Gasteiger partial charge in [-0.05, 0) is 86.5 Å². The molecule has 0 aliphatic carbocycles. The molecule has 0 saturated carbocycles. The zero-order valence-electron chi connectivity index (χ0n) is 16.6. The molecule has 0 spiro atoms. The molecule has 5 nitrogen and oxygen atoms in total. The monoisotopic (exact) mass is 512 g/mol. The Morgan fingerprint density at radius 1 is 1.11 bits per heavy atom. The average molecular weight is 514 g/mol. The summed E-state index contributed by atoms with van der Waals surface area (Å²) in [5.41, 5.74) is 2.96. The van der Waals surface area contributed by atoms with Crippen molar-refractivity contribution in [2.75, 3.05) is 25.6 Å². The number of ether oxygens (including phenoxy) is 2. The predicted octanol–water partition coefficient (Wildman–Crippen LogP) is 6.11. The van der Waals surface area contributed by atoms with Crippen molar-refractivity contribution in [3.05, 3.63) is 50.4 Å². The van der Waals surface area contributed by atoms with Gasteiger partial charge in [-0.1, -0.05) is 19.9 Å². The Morgan fingerprint density at radius 2 is 1.79 bits per heavy atom. The third-order valence-electron chi connectivity index (χ3n) is 4.20. The van der Waals surface area contributed by atoms with Crippen molar-refractivity contribution < 1.29 is 14.3 Å². The third kappa shape index (κ3) is 6.14. The van der Waals surface area contributed by atoms with E-state index in [2.05, 4.69) is 56.3 Å². The minimum Gasteiger partial charge on any atom is -0.493 e. The van der Waals surface area contributed by atoms with Crippen LogP contribution in [0.15, 0.2) is 39.3 Å². The maximum Gasteiger partial charge on any atom is 0.319 e. The number of nitrogens with one attached hydrogen (secondary N) is 2. The molecule has 0 unspecified atom stereocenters. The molecule has 0 fully saturated rings. The number of halogens is 2. The van der Waals surface area contributed by atoms with Crippen molar-refractivity contribution in [3.63, 3.8) is 0 Å². The second-order valence-corrected chi connectivity index (χ2v) is 8.27. The van der Waals surface area contributed by atoms with Gasteiger partial charge in [0.2, 0.25) is 0 Å². The fourth-order valence-corrected chi connectivity index (χ4v) is 4.09. The van der Waals surface area contributed by atoms with Gasteiger partial charge in [0.25, 0.3) is 0 Å². The summed E-state index contributed by atoms with van der Waals surface area (Å²) in [7, 11) is 1.62. The number of amides is 2. The summed E-state index contributed by atoms with van der Waals surface area (Å²) < 4.78 is 12.6. The third-order valence-corrected chi connectivity index (χ3v) is 5.45. The van der Waals surface area contributed by atoms with Crippen LogP contribution in [-0.4, -0.2) is 26.3 Å². The van der Waals surface area contributed by atoms with Gasteiger partial charge in [0.1, 0.15) is 0 Å². The summed E-state index contributed by atoms with van der Waals surface area (Å²) in [6.45, 7) is 7.28. The Balaban J connectivity index is 1.93. The van der Waals surface area contributed by atoms with E-state index < -0.39 is 0 Å². The SMILES string of the molecule is CCOc1ccc(CCNC(=O)Nc2c(Br)cc(C(C)C)cc2Br)cc1OC. The smallest absolute Gasteiger partial charge is 0.319 e. The number of benzene rings is 2. The Morgan fingerprint density at radius 3 is 2.36 bits per heavy atom. The Labute approximate surface area is 183 Å². The van der Waals surface area contributed by atoms with E-state index in [0.29, 0.717) is 36.9 Å². The number of anilines is 1. The Bertz CT molecular complexity index is 802. The molecule has 152 valence electrons. The average Bonchev–Trinajstić information content (AvgIpc) is 2.65. The number of hydrogen-bond acceptors (Lipinski definition) is 3. The van der Waals surface area contributed by atoms with Crippen LogP contribution < -0.4 is 20.1 Å². The van der Waals surface area contributed by atoms with Gasteiger partial charge in [-0.25, -0.2) is 4.79 Å². The lowest BCUT2D eigenvalue weighted by Crippen LogP contribution is -2.30. The molecule has 0 atom stereocenters. The van der Waals surface area contributed by atoms with E-state index in [1.165, 1.54) is 5.56 Å². The van der Waals surface area contributed by atoms with Crippen molar-refractivity contribution in [2.24, 2.45) is 0 Å². The molecule has 7 heteroatoms. The molecule has 0 aliphatic heterocycles. The second kappa shape index (κ2) is 10.7. The highest BCUT2D eigenvalue weighted by molar-refractivity contribution is 9.11. The van der Waals surface area contributed by atoms with Crippen LogP contribution in [0.4, 0.5) is 10.5 Å². The molecule has 28 heavy (non-hydrogen) atoms. The zero-order valence-corrected chi connectivity index (χ0v) is 19.7. The van der Waals surface area contributed by atoms with Crippen molar-refractivity contribution in [1.82, 2.24) is 5.32 Å². The molecule has 0 heterocycles. The lowest BCUT2D eigenvalue weighted by Gasteiger charge is -2.14. The number of carbonyl (C=O) groups excluding carboxylic acids is 1. The number of carbonyl (C=O) groups is 1. The van der Waals surface area contributed by atoms with Crippen LogP contribution in [-0.2, 0) is 6.42 Å². The maximum absolute atomic E-state index is 12.3. The largest absolute Gasteiger partial charge is 0.493 e. The summed E-state index contributed by atoms with van der Waals surface area (Å²) in [6, 6.07) is 9.60. The van der Waals surface area contributed by atoms with E-state index in [9.17, 15) is 4.79 Å². The highest BCUT2D eigenvalue weighted by atomic mass is 79.9. The van der Waals surface area contributed by atoms with Crippen LogP contribution in [0.1, 0.15) is 37.8 Å². The van der Waals surface area contributed by atoms with Gasteiger partial charge in [0.15, 0.2) is 11.5 Å². The predicted molar refractivity (Wildman–Crippen MR) is 121 cm³/mol. The van der Waals surface area contributed by atoms with Crippen molar-refractivity contribution in [3.8, 4) is 11.5 Å². The quantitative estimate of drug-likeness (QED) is 0.448. The molecule has 2 aromatic rings. The van der Waals surface area contributed by atoms with Crippen molar-refractivity contribution >= 4 is 43.6 Å². The molecule has 0 bridgehead atoms. The molecule has 2 N–H and O–H groups in total. The summed E-state index contributed by atoms with van der Waals surface area (Å²) in [5, 5.41) is 5.78. The zero-order chi connectivity index (χ0) is 20.7. The van der Waals surface area contributed by atoms with E-state index in [4.69, 9.17) is 9.47 Å². The van der Waals surface area contributed by atoms with Crippen LogP contribution in [0.5, 0.6) is 11.5 Å². The Hall–Kier alpha value is -1.73. The second-order valence-electron chi connectivity index (χ2n) is 6.56. The van der Waals surface area contributed by atoms with E-state index in [-0.39, 0.29) is 6.03 Å². The highest BCUT2D eigenvalue weighted by Gasteiger charge is 2.12. The number of hydrogen-bond donors (Lipinski definition) is 2. The first-order chi connectivity index (χ1) is 13.3. The van der Waals surface area contributed by atoms with Gasteiger partial charge in [0, 0.05) is 15.5 Å².